The molecule has 0 saturated carbocycles. The lowest BCUT2D eigenvalue weighted by atomic mass is 9.94. The van der Waals surface area contributed by atoms with Gasteiger partial charge in [0.2, 0.25) is 0 Å². The quantitative estimate of drug-likeness (QED) is 0.417. The molecule has 0 radical (unpaired) electrons. The van der Waals surface area contributed by atoms with Gasteiger partial charge in [0.1, 0.15) is 22.7 Å². The van der Waals surface area contributed by atoms with E-state index in [1.165, 1.54) is 6.07 Å². The van der Waals surface area contributed by atoms with Crippen LogP contribution in [0.25, 0.3) is 11.1 Å². The molecule has 3 aromatic rings. The van der Waals surface area contributed by atoms with Crippen molar-refractivity contribution in [3.05, 3.63) is 64.5 Å². The van der Waals surface area contributed by atoms with Gasteiger partial charge in [-0.3, -0.25) is 4.79 Å². The molecule has 150 valence electrons. The van der Waals surface area contributed by atoms with Crippen molar-refractivity contribution in [2.24, 2.45) is 0 Å². The topological polar surface area (TPSA) is 161 Å². The van der Waals surface area contributed by atoms with Crippen LogP contribution < -0.4 is 16.0 Å². The van der Waals surface area contributed by atoms with E-state index in [4.69, 9.17) is 10.5 Å². The van der Waals surface area contributed by atoms with Crippen LogP contribution in [0.5, 0.6) is 5.75 Å². The maximum Gasteiger partial charge on any atom is 0.342 e. The number of imidazole rings is 1. The van der Waals surface area contributed by atoms with E-state index in [0.717, 1.165) is 0 Å². The average Bonchev–Trinajstić information content (AvgIpc) is 3.17. The zero-order valence-electron chi connectivity index (χ0n) is 15.2. The maximum atomic E-state index is 12.2. The molecule has 0 aliphatic carbocycles. The standard InChI is InChI=1S/C19H18N4O6/c20-16-14(18(25)26)13(15(19(27)28)17(24)22-16)11-4-1-2-5-12(11)29-9-3-7-23-8-6-21-10-23/h1-2,4-6,8,10H,3,7,9H2,(H,25,26)(H,27,28)(H3,20,22,24). The van der Waals surface area contributed by atoms with Crippen LogP contribution in [0.2, 0.25) is 0 Å². The number of benzene rings is 1. The summed E-state index contributed by atoms with van der Waals surface area (Å²) in [7, 11) is 0. The minimum Gasteiger partial charge on any atom is -0.493 e. The van der Waals surface area contributed by atoms with Crippen LogP contribution in [0.15, 0.2) is 47.8 Å². The van der Waals surface area contributed by atoms with Crippen LogP contribution in [-0.4, -0.2) is 43.3 Å². The summed E-state index contributed by atoms with van der Waals surface area (Å²) in [4.78, 5) is 41.7. The summed E-state index contributed by atoms with van der Waals surface area (Å²) in [6.07, 6.45) is 5.77. The Hall–Kier alpha value is -4.08. The third kappa shape index (κ3) is 4.10. The van der Waals surface area contributed by atoms with Crippen molar-refractivity contribution in [2.75, 3.05) is 12.3 Å². The molecule has 10 nitrogen and oxygen atoms in total. The summed E-state index contributed by atoms with van der Waals surface area (Å²) in [5.74, 6) is -3.23. The minimum atomic E-state index is -1.57. The number of rotatable bonds is 8. The molecule has 0 bridgehead atoms. The number of aromatic carboxylic acids is 2. The molecule has 0 saturated heterocycles. The van der Waals surface area contributed by atoms with Gasteiger partial charge in [0.05, 0.1) is 12.9 Å². The Balaban J connectivity index is 2.01. The highest BCUT2D eigenvalue weighted by molar-refractivity contribution is 6.08. The fourth-order valence-electron chi connectivity index (χ4n) is 2.96. The molecule has 0 aliphatic heterocycles. The molecule has 0 spiro atoms. The third-order valence-electron chi connectivity index (χ3n) is 4.21. The van der Waals surface area contributed by atoms with Gasteiger partial charge in [-0.05, 0) is 12.5 Å². The Morgan fingerprint density at radius 1 is 1.17 bits per heavy atom. The van der Waals surface area contributed by atoms with Crippen molar-refractivity contribution in [1.82, 2.24) is 14.5 Å². The first-order chi connectivity index (χ1) is 13.9. The monoisotopic (exact) mass is 398 g/mol. The van der Waals surface area contributed by atoms with Gasteiger partial charge in [0, 0.05) is 30.1 Å². The minimum absolute atomic E-state index is 0.155. The van der Waals surface area contributed by atoms with Gasteiger partial charge in [-0.25, -0.2) is 14.6 Å². The van der Waals surface area contributed by atoms with E-state index in [0.29, 0.717) is 13.0 Å². The van der Waals surface area contributed by atoms with Crippen LogP contribution in [0.3, 0.4) is 0 Å². The third-order valence-corrected chi connectivity index (χ3v) is 4.21. The van der Waals surface area contributed by atoms with Crippen LogP contribution in [0.1, 0.15) is 27.1 Å². The summed E-state index contributed by atoms with van der Waals surface area (Å²) in [5.41, 5.74) is 3.32. The highest BCUT2D eigenvalue weighted by Gasteiger charge is 2.28. The smallest absolute Gasteiger partial charge is 0.342 e. The molecule has 0 aliphatic rings. The summed E-state index contributed by atoms with van der Waals surface area (Å²) in [6, 6.07) is 6.30. The van der Waals surface area contributed by atoms with E-state index in [2.05, 4.69) is 9.97 Å². The summed E-state index contributed by atoms with van der Waals surface area (Å²) in [6.45, 7) is 0.930. The molecule has 0 fully saturated rings. The number of hydrogen-bond acceptors (Lipinski definition) is 6. The molecule has 1 aromatic carbocycles. The Morgan fingerprint density at radius 2 is 1.90 bits per heavy atom. The van der Waals surface area contributed by atoms with Crippen LogP contribution in [0, 0.1) is 0 Å². The molecule has 2 aromatic heterocycles. The number of nitrogens with two attached hydrogens (primary N) is 1. The zero-order valence-corrected chi connectivity index (χ0v) is 15.2. The van der Waals surface area contributed by atoms with Crippen LogP contribution in [-0.2, 0) is 6.54 Å². The van der Waals surface area contributed by atoms with E-state index < -0.39 is 34.4 Å². The first-order valence-corrected chi connectivity index (χ1v) is 8.60. The van der Waals surface area contributed by atoms with Gasteiger partial charge in [0.15, 0.2) is 0 Å². The Bertz CT molecular complexity index is 1100. The van der Waals surface area contributed by atoms with Crippen molar-refractivity contribution in [3.8, 4) is 16.9 Å². The lowest BCUT2D eigenvalue weighted by Gasteiger charge is -2.16. The maximum absolute atomic E-state index is 12.2. The van der Waals surface area contributed by atoms with Crippen LogP contribution >= 0.6 is 0 Å². The van der Waals surface area contributed by atoms with E-state index in [1.54, 1.807) is 30.7 Å². The summed E-state index contributed by atoms with van der Waals surface area (Å²) >= 11 is 0. The number of aromatic nitrogens is 3. The molecule has 29 heavy (non-hydrogen) atoms. The van der Waals surface area contributed by atoms with Crippen molar-refractivity contribution >= 4 is 17.8 Å². The zero-order chi connectivity index (χ0) is 21.0. The highest BCUT2D eigenvalue weighted by Crippen LogP contribution is 2.35. The highest BCUT2D eigenvalue weighted by atomic mass is 16.5. The van der Waals surface area contributed by atoms with Crippen molar-refractivity contribution in [1.29, 1.82) is 0 Å². The van der Waals surface area contributed by atoms with Gasteiger partial charge in [-0.1, -0.05) is 18.2 Å². The summed E-state index contributed by atoms with van der Waals surface area (Å²) < 4.78 is 7.64. The van der Waals surface area contributed by atoms with Gasteiger partial charge in [-0.15, -0.1) is 0 Å². The molecule has 0 unspecified atom stereocenters. The van der Waals surface area contributed by atoms with E-state index in [9.17, 15) is 24.6 Å². The van der Waals surface area contributed by atoms with Gasteiger partial charge in [0.25, 0.3) is 5.56 Å². The number of pyridine rings is 1. The second-order valence-electron chi connectivity index (χ2n) is 6.10. The number of anilines is 1. The molecular weight excluding hydrogens is 380 g/mol. The molecular formula is C19H18N4O6. The molecule has 3 rings (SSSR count). The number of nitrogens with one attached hydrogen (secondary N) is 1. The summed E-state index contributed by atoms with van der Waals surface area (Å²) in [5, 5.41) is 19.1. The first-order valence-electron chi connectivity index (χ1n) is 8.60. The lowest BCUT2D eigenvalue weighted by Crippen LogP contribution is -2.24. The molecule has 10 heteroatoms. The van der Waals surface area contributed by atoms with Crippen LogP contribution in [0.4, 0.5) is 5.82 Å². The number of aromatic amines is 1. The van der Waals surface area contributed by atoms with Gasteiger partial charge in [-0.2, -0.15) is 0 Å². The number of nitrogens with zero attached hydrogens (tertiary/aromatic N) is 2. The predicted octanol–water partition coefficient (Wildman–Crippen LogP) is 1.69. The number of carboxylic acid groups (broad SMARTS) is 2. The number of aryl methyl sites for hydroxylation is 1. The van der Waals surface area contributed by atoms with Crippen molar-refractivity contribution in [2.45, 2.75) is 13.0 Å². The fraction of sp³-hybridized carbons (Fsp3) is 0.158. The van der Waals surface area contributed by atoms with Crippen molar-refractivity contribution in [3.63, 3.8) is 0 Å². The number of nitrogen functional groups attached to an aromatic ring is 1. The Labute approximate surface area is 164 Å². The Kier molecular flexibility index (Phi) is 5.63. The number of ether oxygens (including phenoxy) is 1. The largest absolute Gasteiger partial charge is 0.493 e. The second-order valence-corrected chi connectivity index (χ2v) is 6.10. The number of carbonyl (C=O) groups is 2. The molecule has 0 atom stereocenters. The predicted molar refractivity (Wildman–Crippen MR) is 103 cm³/mol. The molecule has 0 amide bonds. The van der Waals surface area contributed by atoms with E-state index >= 15 is 0 Å². The van der Waals surface area contributed by atoms with Crippen molar-refractivity contribution < 1.29 is 24.5 Å². The van der Waals surface area contributed by atoms with E-state index in [1.807, 2.05) is 10.8 Å². The number of para-hydroxylation sites is 1. The van der Waals surface area contributed by atoms with E-state index in [-0.39, 0.29) is 23.5 Å². The van der Waals surface area contributed by atoms with Gasteiger partial charge < -0.3 is 30.2 Å². The normalized spacial score (nSPS) is 10.6. The fourth-order valence-corrected chi connectivity index (χ4v) is 2.96. The lowest BCUT2D eigenvalue weighted by molar-refractivity contribution is 0.0695. The van der Waals surface area contributed by atoms with Gasteiger partial charge >= 0.3 is 11.9 Å². The second kappa shape index (κ2) is 8.30. The number of carboxylic acids is 2. The first kappa shape index (κ1) is 19.7. The number of hydrogen-bond donors (Lipinski definition) is 4. The number of H-pyrrole nitrogens is 1. The average molecular weight is 398 g/mol. The molecule has 5 N–H and O–H groups in total. The molecule has 2 heterocycles. The SMILES string of the molecule is Nc1[nH]c(=O)c(C(=O)O)c(-c2ccccc2OCCCn2ccnc2)c1C(=O)O. The Morgan fingerprint density at radius 3 is 2.55 bits per heavy atom.